The van der Waals surface area contributed by atoms with Gasteiger partial charge in [-0.05, 0) is 49.1 Å². The summed E-state index contributed by atoms with van der Waals surface area (Å²) in [6, 6.07) is 10.7. The Bertz CT molecular complexity index is 1420. The number of sulfone groups is 1. The van der Waals surface area contributed by atoms with Crippen LogP contribution in [0.3, 0.4) is 0 Å². The lowest BCUT2D eigenvalue weighted by Gasteiger charge is -2.32. The highest BCUT2D eigenvalue weighted by atomic mass is 35.5. The van der Waals surface area contributed by atoms with Gasteiger partial charge < -0.3 is 9.47 Å². The van der Waals surface area contributed by atoms with Gasteiger partial charge in [0.25, 0.3) is 10.2 Å². The maximum atomic E-state index is 14.1. The summed E-state index contributed by atoms with van der Waals surface area (Å²) >= 11 is 7.32. The van der Waals surface area contributed by atoms with Gasteiger partial charge in [0.2, 0.25) is 5.91 Å². The summed E-state index contributed by atoms with van der Waals surface area (Å²) in [6.45, 7) is 1.23. The van der Waals surface area contributed by atoms with Crippen LogP contribution in [0.25, 0.3) is 10.4 Å². The van der Waals surface area contributed by atoms with E-state index in [9.17, 15) is 21.6 Å². The number of nitrogens with zero attached hydrogens (tertiary/aromatic N) is 2. The summed E-state index contributed by atoms with van der Waals surface area (Å²) < 4.78 is 66.8. The highest BCUT2D eigenvalue weighted by molar-refractivity contribution is 7.92. The van der Waals surface area contributed by atoms with Crippen LogP contribution < -0.4 is 5.48 Å². The van der Waals surface area contributed by atoms with Crippen molar-refractivity contribution in [1.29, 1.82) is 0 Å². The summed E-state index contributed by atoms with van der Waals surface area (Å²) in [4.78, 5) is 20.0. The first-order valence-corrected chi connectivity index (χ1v) is 17.8. The Balaban J connectivity index is 1.45. The van der Waals surface area contributed by atoms with E-state index in [2.05, 4.69) is 5.48 Å². The number of hydroxylamine groups is 1. The van der Waals surface area contributed by atoms with Gasteiger partial charge in [-0.3, -0.25) is 4.79 Å². The van der Waals surface area contributed by atoms with Crippen LogP contribution in [-0.4, -0.2) is 89.4 Å². The first kappa shape index (κ1) is 30.8. The molecular weight excluding hydrogens is 614 g/mol. The molecular formula is C26H34ClN3O8S3. The third-order valence-corrected chi connectivity index (χ3v) is 13.9. The molecule has 1 N–H and O–H groups in total. The number of carbonyl (C=O) groups excluding carboxylic acids is 1. The Morgan fingerprint density at radius 1 is 1.05 bits per heavy atom. The quantitative estimate of drug-likeness (QED) is 0.433. The van der Waals surface area contributed by atoms with Crippen LogP contribution in [0.2, 0.25) is 5.02 Å². The fourth-order valence-electron chi connectivity index (χ4n) is 5.31. The molecule has 3 saturated heterocycles. The summed E-state index contributed by atoms with van der Waals surface area (Å²) in [5.41, 5.74) is 3.25. The van der Waals surface area contributed by atoms with Gasteiger partial charge in [0, 0.05) is 54.0 Å². The maximum absolute atomic E-state index is 14.1. The smallest absolute Gasteiger partial charge is 0.282 e. The zero-order valence-corrected chi connectivity index (χ0v) is 25.7. The van der Waals surface area contributed by atoms with E-state index >= 15 is 0 Å². The SMILES string of the molecule is O=C(C[C@]1(c2ccc(-c3ccc(Cl)cc3)s2)CCN(S(=O)(=O)N2CCOCC2)CCS1(=O)=O)NOC1CCCCO1. The van der Waals surface area contributed by atoms with E-state index < -0.39 is 49.2 Å². The van der Waals surface area contributed by atoms with Gasteiger partial charge in [-0.2, -0.15) is 17.0 Å². The van der Waals surface area contributed by atoms with Crippen LogP contribution in [0.15, 0.2) is 36.4 Å². The summed E-state index contributed by atoms with van der Waals surface area (Å²) in [7, 11) is -7.93. The van der Waals surface area contributed by atoms with Gasteiger partial charge in [-0.25, -0.2) is 18.7 Å². The molecule has 4 heterocycles. The van der Waals surface area contributed by atoms with E-state index in [1.165, 1.54) is 19.9 Å². The van der Waals surface area contributed by atoms with Crippen LogP contribution in [-0.2, 0) is 43.9 Å². The fourth-order valence-corrected chi connectivity index (χ4v) is 10.7. The Hall–Kier alpha value is -1.62. The number of thiophene rings is 1. The highest BCUT2D eigenvalue weighted by Gasteiger charge is 2.51. The minimum absolute atomic E-state index is 0.0625. The molecule has 11 nitrogen and oxygen atoms in total. The second kappa shape index (κ2) is 12.9. The molecule has 1 aromatic carbocycles. The molecule has 0 aliphatic carbocycles. The lowest BCUT2D eigenvalue weighted by Crippen LogP contribution is -2.49. The average Bonchev–Trinajstić information content (AvgIpc) is 3.42. The monoisotopic (exact) mass is 647 g/mol. The van der Waals surface area contributed by atoms with Crippen molar-refractivity contribution in [3.05, 3.63) is 46.3 Å². The molecule has 3 aliphatic heterocycles. The molecule has 1 unspecified atom stereocenters. The number of benzene rings is 1. The molecule has 1 aromatic heterocycles. The summed E-state index contributed by atoms with van der Waals surface area (Å²) in [6.07, 6.45) is 1.32. The van der Waals surface area contributed by atoms with Gasteiger partial charge in [0.15, 0.2) is 16.1 Å². The summed E-state index contributed by atoms with van der Waals surface area (Å²) in [5.74, 6) is -1.04. The number of rotatable bonds is 8. The minimum Gasteiger partial charge on any atom is -0.379 e. The first-order chi connectivity index (χ1) is 19.6. The number of ether oxygens (including phenoxy) is 2. The van der Waals surface area contributed by atoms with Gasteiger partial charge >= 0.3 is 0 Å². The molecule has 0 saturated carbocycles. The third kappa shape index (κ3) is 6.81. The number of morpholine rings is 1. The van der Waals surface area contributed by atoms with Gasteiger partial charge in [0.1, 0.15) is 4.75 Å². The van der Waals surface area contributed by atoms with Crippen molar-refractivity contribution in [2.75, 3.05) is 51.8 Å². The molecule has 5 rings (SSSR count). The van der Waals surface area contributed by atoms with E-state index in [1.54, 1.807) is 18.2 Å². The number of hydrogen-bond acceptors (Lipinski definition) is 9. The molecule has 0 radical (unpaired) electrons. The van der Waals surface area contributed by atoms with Crippen molar-refractivity contribution in [1.82, 2.24) is 14.1 Å². The van der Waals surface area contributed by atoms with Crippen molar-refractivity contribution >= 4 is 48.9 Å². The van der Waals surface area contributed by atoms with Crippen molar-refractivity contribution in [3.8, 4) is 10.4 Å². The number of halogens is 1. The van der Waals surface area contributed by atoms with Crippen LogP contribution in [0.5, 0.6) is 0 Å². The van der Waals surface area contributed by atoms with Crippen LogP contribution >= 0.6 is 22.9 Å². The second-order valence-corrected chi connectivity index (χ2v) is 16.1. The van der Waals surface area contributed by atoms with Crippen molar-refractivity contribution in [2.45, 2.75) is 43.1 Å². The largest absolute Gasteiger partial charge is 0.379 e. The van der Waals surface area contributed by atoms with Crippen molar-refractivity contribution in [3.63, 3.8) is 0 Å². The molecule has 3 aliphatic rings. The predicted molar refractivity (Wildman–Crippen MR) is 155 cm³/mol. The first-order valence-electron chi connectivity index (χ1n) is 13.6. The van der Waals surface area contributed by atoms with E-state index in [1.807, 2.05) is 18.2 Å². The summed E-state index contributed by atoms with van der Waals surface area (Å²) in [5, 5.41) is 0.577. The molecule has 2 aromatic rings. The number of carbonyl (C=O) groups is 1. The predicted octanol–water partition coefficient (Wildman–Crippen LogP) is 2.93. The van der Waals surface area contributed by atoms with E-state index in [0.717, 1.165) is 23.3 Å². The number of nitrogens with one attached hydrogen (secondary N) is 1. The maximum Gasteiger partial charge on any atom is 0.282 e. The lowest BCUT2D eigenvalue weighted by molar-refractivity contribution is -0.200. The standard InChI is InChI=1S/C26H34ClN3O8S3/c27-21-6-4-20(5-7-21)22-8-9-23(39-22)26(19-24(31)28-38-25-3-1-2-15-37-25)10-11-29(14-18-40(26,32)33)41(34,35)30-12-16-36-17-13-30/h4-9,25H,1-3,10-19H2,(H,28,31)/t25?,26-/m0/s1. The zero-order chi connectivity index (χ0) is 29.1. The second-order valence-electron chi connectivity index (χ2n) is 10.3. The molecule has 41 heavy (non-hydrogen) atoms. The lowest BCUT2D eigenvalue weighted by atomic mass is 9.97. The van der Waals surface area contributed by atoms with Crippen molar-refractivity contribution < 1.29 is 35.9 Å². The van der Waals surface area contributed by atoms with Gasteiger partial charge in [-0.1, -0.05) is 23.7 Å². The molecule has 226 valence electrons. The van der Waals surface area contributed by atoms with E-state index in [4.69, 9.17) is 25.9 Å². The normalized spacial score (nSPS) is 26.3. The zero-order valence-electron chi connectivity index (χ0n) is 22.5. The topological polar surface area (TPSA) is 132 Å². The van der Waals surface area contributed by atoms with Crippen LogP contribution in [0, 0.1) is 0 Å². The van der Waals surface area contributed by atoms with E-state index in [0.29, 0.717) is 22.9 Å². The Morgan fingerprint density at radius 2 is 1.78 bits per heavy atom. The molecule has 0 spiro atoms. The Morgan fingerprint density at radius 3 is 2.49 bits per heavy atom. The molecule has 3 fully saturated rings. The fraction of sp³-hybridized carbons (Fsp3) is 0.577. The molecule has 2 atom stereocenters. The number of amides is 1. The molecule has 1 amide bonds. The highest BCUT2D eigenvalue weighted by Crippen LogP contribution is 2.45. The van der Waals surface area contributed by atoms with Crippen LogP contribution in [0.4, 0.5) is 0 Å². The van der Waals surface area contributed by atoms with Crippen LogP contribution in [0.1, 0.15) is 37.0 Å². The Kier molecular flexibility index (Phi) is 9.73. The Labute approximate surface area is 249 Å². The average molecular weight is 648 g/mol. The minimum atomic E-state index is -4.02. The third-order valence-electron chi connectivity index (χ3n) is 7.66. The van der Waals surface area contributed by atoms with Gasteiger partial charge in [0.05, 0.1) is 25.4 Å². The number of hydrogen-bond donors (Lipinski definition) is 1. The van der Waals surface area contributed by atoms with Gasteiger partial charge in [-0.15, -0.1) is 11.3 Å². The van der Waals surface area contributed by atoms with Crippen molar-refractivity contribution in [2.24, 2.45) is 0 Å². The van der Waals surface area contributed by atoms with E-state index in [-0.39, 0.29) is 45.8 Å². The molecule has 0 bridgehead atoms. The molecule has 15 heteroatoms.